The molecule has 1 unspecified atom stereocenters. The van der Waals surface area contributed by atoms with Crippen LogP contribution in [-0.4, -0.2) is 36.3 Å². The first-order valence-corrected chi connectivity index (χ1v) is 13.3. The molecule has 1 aliphatic rings. The van der Waals surface area contributed by atoms with Gasteiger partial charge in [-0.3, -0.25) is 9.59 Å². The molecule has 2 amide bonds. The molecular weight excluding hydrogens is 486 g/mol. The Hall–Kier alpha value is -4.65. The molecule has 1 atom stereocenters. The number of hydrogen-bond acceptors (Lipinski definition) is 5. The monoisotopic (exact) mass is 519 g/mol. The molecule has 0 aromatic heterocycles. The summed E-state index contributed by atoms with van der Waals surface area (Å²) in [7, 11) is 0. The summed E-state index contributed by atoms with van der Waals surface area (Å²) in [6.45, 7) is 9.42. The van der Waals surface area contributed by atoms with E-state index in [9.17, 15) is 9.59 Å². The van der Waals surface area contributed by atoms with Crippen LogP contribution in [0.25, 0.3) is 10.8 Å². The number of hydrogen-bond donors (Lipinski definition) is 2. The molecule has 0 spiro atoms. The largest absolute Gasteiger partial charge is 0.372 e. The molecule has 198 valence electrons. The number of anilines is 3. The number of hydrazone groups is 1. The lowest BCUT2D eigenvalue weighted by Crippen LogP contribution is -2.64. The molecule has 1 heterocycles. The number of rotatable bonds is 8. The molecule has 0 aliphatic carbocycles. The van der Waals surface area contributed by atoms with Crippen LogP contribution in [-0.2, 0) is 9.59 Å². The molecule has 39 heavy (non-hydrogen) atoms. The Morgan fingerprint density at radius 3 is 2.23 bits per heavy atom. The van der Waals surface area contributed by atoms with Gasteiger partial charge in [-0.2, -0.15) is 10.1 Å². The van der Waals surface area contributed by atoms with Crippen molar-refractivity contribution in [3.63, 3.8) is 0 Å². The lowest BCUT2D eigenvalue weighted by molar-refractivity contribution is -0.127. The summed E-state index contributed by atoms with van der Waals surface area (Å²) < 4.78 is 0. The number of carbonyl (C=O) groups is 2. The van der Waals surface area contributed by atoms with Gasteiger partial charge in [0.05, 0.1) is 5.69 Å². The van der Waals surface area contributed by atoms with Gasteiger partial charge in [0.25, 0.3) is 0 Å². The van der Waals surface area contributed by atoms with Crippen molar-refractivity contribution >= 4 is 45.4 Å². The predicted octanol–water partition coefficient (Wildman–Crippen LogP) is 5.69. The van der Waals surface area contributed by atoms with Crippen LogP contribution in [0.15, 0.2) is 96.1 Å². The van der Waals surface area contributed by atoms with Crippen LogP contribution >= 0.6 is 0 Å². The van der Waals surface area contributed by atoms with Gasteiger partial charge in [0.1, 0.15) is 5.71 Å². The molecule has 7 heteroatoms. The lowest BCUT2D eigenvalue weighted by atomic mass is 9.92. The van der Waals surface area contributed by atoms with Crippen molar-refractivity contribution in [1.82, 2.24) is 5.32 Å². The second-order valence-corrected chi connectivity index (χ2v) is 9.70. The van der Waals surface area contributed by atoms with E-state index in [0.29, 0.717) is 17.1 Å². The Labute approximate surface area is 229 Å². The second kappa shape index (κ2) is 10.6. The summed E-state index contributed by atoms with van der Waals surface area (Å²) >= 11 is 0. The van der Waals surface area contributed by atoms with Crippen molar-refractivity contribution in [2.24, 2.45) is 5.10 Å². The van der Waals surface area contributed by atoms with E-state index in [-0.39, 0.29) is 5.91 Å². The van der Waals surface area contributed by atoms with Gasteiger partial charge in [0.15, 0.2) is 0 Å². The summed E-state index contributed by atoms with van der Waals surface area (Å²) in [6, 6.07) is 29.4. The highest BCUT2D eigenvalue weighted by atomic mass is 16.2. The average Bonchev–Trinajstić information content (AvgIpc) is 3.21. The molecule has 0 radical (unpaired) electrons. The highest BCUT2D eigenvalue weighted by Crippen LogP contribution is 2.34. The number of fused-ring (bicyclic) bond motifs is 1. The Morgan fingerprint density at radius 1 is 0.897 bits per heavy atom. The van der Waals surface area contributed by atoms with Crippen LogP contribution in [0.5, 0.6) is 0 Å². The van der Waals surface area contributed by atoms with Crippen molar-refractivity contribution < 1.29 is 9.59 Å². The van der Waals surface area contributed by atoms with Crippen LogP contribution < -0.4 is 20.5 Å². The van der Waals surface area contributed by atoms with E-state index in [4.69, 9.17) is 5.10 Å². The van der Waals surface area contributed by atoms with Gasteiger partial charge in [0, 0.05) is 37.0 Å². The first-order valence-electron chi connectivity index (χ1n) is 13.3. The third kappa shape index (κ3) is 4.83. The number of carbonyl (C=O) groups excluding carboxylic acids is 2. The summed E-state index contributed by atoms with van der Waals surface area (Å²) in [6.07, 6.45) is 0. The smallest absolute Gasteiger partial charge is 0.300 e. The highest BCUT2D eigenvalue weighted by molar-refractivity contribution is 6.33. The number of amides is 2. The van der Waals surface area contributed by atoms with Crippen LogP contribution in [0, 0.1) is 6.92 Å². The van der Waals surface area contributed by atoms with Crippen LogP contribution in [0.2, 0.25) is 0 Å². The fraction of sp³-hybridized carbons (Fsp3) is 0.219. The molecule has 4 aromatic carbocycles. The van der Waals surface area contributed by atoms with Crippen molar-refractivity contribution in [3.8, 4) is 0 Å². The SMILES string of the molecule is CCN(CC)c1ccc(NC2(NC(C)=O)C(=O)N(c3ccc(C)cc3)N=C2c2cccc3ccccc23)cc1. The Balaban J connectivity index is 1.68. The third-order valence-electron chi connectivity index (χ3n) is 7.08. The third-order valence-corrected chi connectivity index (χ3v) is 7.08. The zero-order valence-electron chi connectivity index (χ0n) is 22.7. The summed E-state index contributed by atoms with van der Waals surface area (Å²) in [4.78, 5) is 29.3. The normalized spacial score (nSPS) is 16.8. The fourth-order valence-corrected chi connectivity index (χ4v) is 5.11. The van der Waals surface area contributed by atoms with Crippen LogP contribution in [0.4, 0.5) is 17.1 Å². The number of aryl methyl sites for hydroxylation is 1. The number of nitrogens with zero attached hydrogens (tertiary/aromatic N) is 3. The van der Waals surface area contributed by atoms with Gasteiger partial charge < -0.3 is 15.5 Å². The molecule has 0 saturated carbocycles. The lowest BCUT2D eigenvalue weighted by Gasteiger charge is -2.32. The van der Waals surface area contributed by atoms with Gasteiger partial charge in [-0.25, -0.2) is 0 Å². The predicted molar refractivity (Wildman–Crippen MR) is 159 cm³/mol. The van der Waals surface area contributed by atoms with Gasteiger partial charge in [-0.05, 0) is 67.9 Å². The van der Waals surface area contributed by atoms with Gasteiger partial charge in [-0.15, -0.1) is 0 Å². The Morgan fingerprint density at radius 2 is 1.56 bits per heavy atom. The second-order valence-electron chi connectivity index (χ2n) is 9.70. The van der Waals surface area contributed by atoms with Gasteiger partial charge in [-0.1, -0.05) is 60.2 Å². The maximum atomic E-state index is 14.4. The van der Waals surface area contributed by atoms with E-state index in [1.807, 2.05) is 97.9 Å². The van der Waals surface area contributed by atoms with Crippen molar-refractivity contribution in [1.29, 1.82) is 0 Å². The summed E-state index contributed by atoms with van der Waals surface area (Å²) in [5, 5.41) is 14.6. The van der Waals surface area contributed by atoms with E-state index in [1.54, 1.807) is 0 Å². The Kier molecular flexibility index (Phi) is 7.07. The first-order chi connectivity index (χ1) is 18.9. The molecule has 7 nitrogen and oxygen atoms in total. The maximum absolute atomic E-state index is 14.4. The molecule has 2 N–H and O–H groups in total. The molecule has 5 rings (SSSR count). The van der Waals surface area contributed by atoms with Gasteiger partial charge in [0.2, 0.25) is 11.6 Å². The number of nitrogens with one attached hydrogen (secondary N) is 2. The molecule has 0 saturated heterocycles. The minimum atomic E-state index is -1.63. The summed E-state index contributed by atoms with van der Waals surface area (Å²) in [5.41, 5.74) is 3.02. The molecule has 0 fully saturated rings. The molecule has 4 aromatic rings. The van der Waals surface area contributed by atoms with Crippen LogP contribution in [0.3, 0.4) is 0 Å². The molecule has 1 aliphatic heterocycles. The highest BCUT2D eigenvalue weighted by Gasteiger charge is 2.53. The fourth-order valence-electron chi connectivity index (χ4n) is 5.11. The number of benzene rings is 4. The molecule has 0 bridgehead atoms. The standard InChI is InChI=1S/C32H33N5O2/c1-5-36(6-2)26-20-16-25(17-21-26)34-32(33-23(4)38)30(29-13-9-11-24-10-7-8-12-28(24)29)35-37(31(32)39)27-18-14-22(3)15-19-27/h7-21,34H,5-6H2,1-4H3,(H,33,38). The Bertz CT molecular complexity index is 1540. The van der Waals surface area contributed by atoms with E-state index >= 15 is 0 Å². The van der Waals surface area contributed by atoms with Crippen LogP contribution in [0.1, 0.15) is 31.9 Å². The van der Waals surface area contributed by atoms with Crippen molar-refractivity contribution in [2.75, 3.05) is 28.3 Å². The van der Waals surface area contributed by atoms with E-state index in [1.165, 1.54) is 11.9 Å². The zero-order valence-corrected chi connectivity index (χ0v) is 22.7. The quantitative estimate of drug-likeness (QED) is 0.293. The van der Waals surface area contributed by atoms with E-state index < -0.39 is 11.6 Å². The van der Waals surface area contributed by atoms with E-state index in [2.05, 4.69) is 29.4 Å². The van der Waals surface area contributed by atoms with E-state index in [0.717, 1.165) is 40.7 Å². The average molecular weight is 520 g/mol. The maximum Gasteiger partial charge on any atom is 0.300 e. The minimum Gasteiger partial charge on any atom is -0.372 e. The van der Waals surface area contributed by atoms with Crippen molar-refractivity contribution in [3.05, 3.63) is 102 Å². The summed E-state index contributed by atoms with van der Waals surface area (Å²) in [5.74, 6) is -0.744. The topological polar surface area (TPSA) is 77.0 Å². The first kappa shape index (κ1) is 26.0. The zero-order chi connectivity index (χ0) is 27.6. The van der Waals surface area contributed by atoms with Crippen molar-refractivity contribution in [2.45, 2.75) is 33.4 Å². The molecular formula is C32H33N5O2. The minimum absolute atomic E-state index is 0.352. The van der Waals surface area contributed by atoms with Gasteiger partial charge >= 0.3 is 5.91 Å².